The molecule has 0 aliphatic carbocycles. The Bertz CT molecular complexity index is 820. The van der Waals surface area contributed by atoms with Crippen LogP contribution < -0.4 is 15.4 Å². The number of nitrogens with one attached hydrogen (secondary N) is 2. The van der Waals surface area contributed by atoms with E-state index in [0.717, 1.165) is 5.56 Å². The van der Waals surface area contributed by atoms with Crippen molar-refractivity contribution in [1.82, 2.24) is 10.2 Å². The number of rotatable bonds is 9. The predicted molar refractivity (Wildman–Crippen MR) is 112 cm³/mol. The summed E-state index contributed by atoms with van der Waals surface area (Å²) >= 11 is 0. The van der Waals surface area contributed by atoms with Gasteiger partial charge < -0.3 is 20.3 Å². The van der Waals surface area contributed by atoms with Gasteiger partial charge in [-0.2, -0.15) is 0 Å². The molecule has 0 unspecified atom stereocenters. The van der Waals surface area contributed by atoms with E-state index in [-0.39, 0.29) is 43.3 Å². The average Bonchev–Trinajstić information content (AvgIpc) is 2.71. The van der Waals surface area contributed by atoms with E-state index in [1.54, 1.807) is 31.4 Å². The molecule has 2 aromatic rings. The minimum absolute atomic E-state index is 0.0981. The van der Waals surface area contributed by atoms with Crippen molar-refractivity contribution >= 4 is 23.4 Å². The quantitative estimate of drug-likeness (QED) is 0.679. The molecule has 0 spiro atoms. The average molecular weight is 397 g/mol. The predicted octanol–water partition coefficient (Wildman–Crippen LogP) is 2.23. The zero-order chi connectivity index (χ0) is 21.2. The van der Waals surface area contributed by atoms with Crippen LogP contribution in [0.4, 0.5) is 5.69 Å². The van der Waals surface area contributed by atoms with E-state index in [2.05, 4.69) is 10.6 Å². The molecule has 154 valence electrons. The molecule has 0 bridgehead atoms. The number of anilines is 1. The lowest BCUT2D eigenvalue weighted by Crippen LogP contribution is -2.46. The summed E-state index contributed by atoms with van der Waals surface area (Å²) < 4.78 is 5.06. The van der Waals surface area contributed by atoms with Crippen LogP contribution >= 0.6 is 0 Å². The third kappa shape index (κ3) is 7.29. The standard InChI is InChI=1S/C22H27N3O4/c1-16(2)25(22(28)13-17-7-5-4-6-8-17)15-21(27)23-14-20(26)24-18-9-11-19(29-3)12-10-18/h4-12,16H,13-15H2,1-3H3,(H,23,27)(H,24,26). The number of amides is 3. The van der Waals surface area contributed by atoms with E-state index in [4.69, 9.17) is 4.74 Å². The monoisotopic (exact) mass is 397 g/mol. The SMILES string of the molecule is COc1ccc(NC(=O)CNC(=O)CN(C(=O)Cc2ccccc2)C(C)C)cc1. The molecule has 0 saturated heterocycles. The number of hydrogen-bond acceptors (Lipinski definition) is 4. The molecule has 0 aliphatic heterocycles. The Morgan fingerprint density at radius 2 is 1.62 bits per heavy atom. The summed E-state index contributed by atoms with van der Waals surface area (Å²) in [7, 11) is 1.56. The molecule has 0 fully saturated rings. The second kappa shape index (κ2) is 10.8. The van der Waals surface area contributed by atoms with E-state index in [9.17, 15) is 14.4 Å². The highest BCUT2D eigenvalue weighted by Gasteiger charge is 2.20. The fourth-order valence-electron chi connectivity index (χ4n) is 2.70. The Hall–Kier alpha value is -3.35. The summed E-state index contributed by atoms with van der Waals surface area (Å²) in [5.74, 6) is -0.186. The number of hydrogen-bond donors (Lipinski definition) is 2. The highest BCUT2D eigenvalue weighted by Crippen LogP contribution is 2.14. The Morgan fingerprint density at radius 3 is 2.21 bits per heavy atom. The van der Waals surface area contributed by atoms with E-state index in [0.29, 0.717) is 11.4 Å². The molecule has 0 aliphatic rings. The summed E-state index contributed by atoms with van der Waals surface area (Å²) in [6, 6.07) is 16.1. The van der Waals surface area contributed by atoms with Gasteiger partial charge in [0, 0.05) is 11.7 Å². The first-order chi connectivity index (χ1) is 13.9. The fourth-order valence-corrected chi connectivity index (χ4v) is 2.70. The van der Waals surface area contributed by atoms with Gasteiger partial charge in [-0.05, 0) is 43.7 Å². The van der Waals surface area contributed by atoms with E-state index in [1.165, 1.54) is 4.90 Å². The second-order valence-corrected chi connectivity index (χ2v) is 6.83. The van der Waals surface area contributed by atoms with Crippen LogP contribution in [0.25, 0.3) is 0 Å². The fraction of sp³-hybridized carbons (Fsp3) is 0.318. The summed E-state index contributed by atoms with van der Waals surface area (Å²) in [6.45, 7) is 3.43. The van der Waals surface area contributed by atoms with Crippen LogP contribution in [-0.2, 0) is 20.8 Å². The molecular formula is C22H27N3O4. The van der Waals surface area contributed by atoms with Gasteiger partial charge in [-0.1, -0.05) is 30.3 Å². The third-order valence-corrected chi connectivity index (χ3v) is 4.28. The first-order valence-electron chi connectivity index (χ1n) is 9.43. The molecule has 2 rings (SSSR count). The number of carbonyl (C=O) groups excluding carboxylic acids is 3. The molecule has 0 aromatic heterocycles. The summed E-state index contributed by atoms with van der Waals surface area (Å²) in [6.07, 6.45) is 0.226. The Labute approximate surface area is 171 Å². The molecule has 0 saturated carbocycles. The number of carbonyl (C=O) groups is 3. The van der Waals surface area contributed by atoms with Crippen LogP contribution in [0, 0.1) is 0 Å². The molecule has 7 heteroatoms. The first-order valence-corrected chi connectivity index (χ1v) is 9.43. The van der Waals surface area contributed by atoms with Gasteiger partial charge in [-0.25, -0.2) is 0 Å². The minimum Gasteiger partial charge on any atom is -0.497 e. The van der Waals surface area contributed by atoms with Crippen LogP contribution in [0.2, 0.25) is 0 Å². The molecule has 2 N–H and O–H groups in total. The zero-order valence-electron chi connectivity index (χ0n) is 17.0. The van der Waals surface area contributed by atoms with Gasteiger partial charge in [0.05, 0.1) is 26.6 Å². The van der Waals surface area contributed by atoms with E-state index < -0.39 is 0 Å². The maximum absolute atomic E-state index is 12.6. The highest BCUT2D eigenvalue weighted by molar-refractivity contribution is 5.95. The van der Waals surface area contributed by atoms with Crippen LogP contribution in [-0.4, -0.2) is 48.9 Å². The Kier molecular flexibility index (Phi) is 8.21. The van der Waals surface area contributed by atoms with Gasteiger partial charge in [0.2, 0.25) is 17.7 Å². The van der Waals surface area contributed by atoms with Crippen molar-refractivity contribution in [2.24, 2.45) is 0 Å². The summed E-state index contributed by atoms with van der Waals surface area (Å²) in [4.78, 5) is 38.4. The van der Waals surface area contributed by atoms with Gasteiger partial charge >= 0.3 is 0 Å². The normalized spacial score (nSPS) is 10.3. The lowest BCUT2D eigenvalue weighted by atomic mass is 10.1. The largest absolute Gasteiger partial charge is 0.497 e. The van der Waals surface area contributed by atoms with Crippen LogP contribution in [0.15, 0.2) is 54.6 Å². The van der Waals surface area contributed by atoms with Gasteiger partial charge in [-0.15, -0.1) is 0 Å². The second-order valence-electron chi connectivity index (χ2n) is 6.83. The van der Waals surface area contributed by atoms with Crippen molar-refractivity contribution in [2.75, 3.05) is 25.5 Å². The van der Waals surface area contributed by atoms with Crippen LogP contribution in [0.1, 0.15) is 19.4 Å². The molecule has 3 amide bonds. The van der Waals surface area contributed by atoms with E-state index in [1.807, 2.05) is 44.2 Å². The molecule has 0 radical (unpaired) electrons. The molecule has 29 heavy (non-hydrogen) atoms. The van der Waals surface area contributed by atoms with Crippen LogP contribution in [0.5, 0.6) is 5.75 Å². The van der Waals surface area contributed by atoms with Crippen molar-refractivity contribution in [2.45, 2.75) is 26.3 Å². The zero-order valence-corrected chi connectivity index (χ0v) is 17.0. The van der Waals surface area contributed by atoms with Crippen LogP contribution in [0.3, 0.4) is 0 Å². The van der Waals surface area contributed by atoms with Crippen molar-refractivity contribution in [3.8, 4) is 5.75 Å². The van der Waals surface area contributed by atoms with Gasteiger partial charge in [0.1, 0.15) is 5.75 Å². The topological polar surface area (TPSA) is 87.7 Å². The van der Waals surface area contributed by atoms with Gasteiger partial charge in [-0.3, -0.25) is 14.4 Å². The van der Waals surface area contributed by atoms with Crippen molar-refractivity contribution in [1.29, 1.82) is 0 Å². The number of methoxy groups -OCH3 is 1. The minimum atomic E-state index is -0.384. The molecule has 2 aromatic carbocycles. The lowest BCUT2D eigenvalue weighted by molar-refractivity contribution is -0.137. The van der Waals surface area contributed by atoms with Crippen molar-refractivity contribution in [3.05, 3.63) is 60.2 Å². The molecular weight excluding hydrogens is 370 g/mol. The lowest BCUT2D eigenvalue weighted by Gasteiger charge is -2.26. The van der Waals surface area contributed by atoms with Crippen molar-refractivity contribution in [3.63, 3.8) is 0 Å². The molecule has 7 nitrogen and oxygen atoms in total. The summed E-state index contributed by atoms with van der Waals surface area (Å²) in [5, 5.41) is 5.25. The Balaban J connectivity index is 1.83. The molecule has 0 atom stereocenters. The maximum Gasteiger partial charge on any atom is 0.243 e. The van der Waals surface area contributed by atoms with Crippen molar-refractivity contribution < 1.29 is 19.1 Å². The first kappa shape index (κ1) is 21.9. The van der Waals surface area contributed by atoms with E-state index >= 15 is 0 Å². The maximum atomic E-state index is 12.6. The van der Waals surface area contributed by atoms with Gasteiger partial charge in [0.15, 0.2) is 0 Å². The highest BCUT2D eigenvalue weighted by atomic mass is 16.5. The smallest absolute Gasteiger partial charge is 0.243 e. The number of nitrogens with zero attached hydrogens (tertiary/aromatic N) is 1. The summed E-state index contributed by atoms with van der Waals surface area (Å²) in [5.41, 5.74) is 1.49. The molecule has 0 heterocycles. The number of benzene rings is 2. The number of ether oxygens (including phenoxy) is 1. The van der Waals surface area contributed by atoms with Gasteiger partial charge in [0.25, 0.3) is 0 Å². The third-order valence-electron chi connectivity index (χ3n) is 4.28. The Morgan fingerprint density at radius 1 is 0.966 bits per heavy atom.